The molecule has 3 unspecified atom stereocenters. The summed E-state index contributed by atoms with van der Waals surface area (Å²) in [7, 11) is 1.43. The Kier molecular flexibility index (Phi) is 4.28. The number of aliphatic carboxylic acids is 1. The van der Waals surface area contributed by atoms with Crippen LogP contribution in [0.5, 0.6) is 5.75 Å². The van der Waals surface area contributed by atoms with Gasteiger partial charge in [0, 0.05) is 19.1 Å². The third kappa shape index (κ3) is 2.77. The van der Waals surface area contributed by atoms with Gasteiger partial charge < -0.3 is 9.84 Å². The molecule has 20 heavy (non-hydrogen) atoms. The van der Waals surface area contributed by atoms with Gasteiger partial charge in [-0.05, 0) is 30.5 Å². The van der Waals surface area contributed by atoms with Gasteiger partial charge in [-0.15, -0.1) is 0 Å². The number of halogens is 1. The van der Waals surface area contributed by atoms with Crippen molar-refractivity contribution in [2.45, 2.75) is 19.9 Å². The first-order chi connectivity index (χ1) is 9.43. The third-order valence-electron chi connectivity index (χ3n) is 4.16. The van der Waals surface area contributed by atoms with Crippen molar-refractivity contribution in [2.24, 2.45) is 11.8 Å². The first-order valence-corrected chi connectivity index (χ1v) is 6.74. The highest BCUT2D eigenvalue weighted by Crippen LogP contribution is 2.32. The van der Waals surface area contributed by atoms with E-state index in [0.717, 1.165) is 5.56 Å². The van der Waals surface area contributed by atoms with Crippen LogP contribution in [0.4, 0.5) is 4.39 Å². The van der Waals surface area contributed by atoms with Crippen molar-refractivity contribution in [2.75, 3.05) is 20.2 Å². The highest BCUT2D eigenvalue weighted by atomic mass is 19.1. The molecule has 1 aromatic rings. The minimum atomic E-state index is -0.756. The van der Waals surface area contributed by atoms with E-state index >= 15 is 0 Å². The lowest BCUT2D eigenvalue weighted by Gasteiger charge is -2.24. The average molecular weight is 281 g/mol. The number of nitrogens with zero attached hydrogens (tertiary/aromatic N) is 1. The van der Waals surface area contributed by atoms with E-state index in [0.29, 0.717) is 13.1 Å². The predicted octanol–water partition coefficient (Wildman–Crippen LogP) is 2.55. The van der Waals surface area contributed by atoms with E-state index in [4.69, 9.17) is 9.84 Å². The quantitative estimate of drug-likeness (QED) is 0.921. The fraction of sp³-hybridized carbons (Fsp3) is 0.533. The van der Waals surface area contributed by atoms with Crippen LogP contribution in [-0.2, 0) is 4.79 Å². The number of carboxylic acid groups (broad SMARTS) is 1. The number of likely N-dealkylation sites (tertiary alicyclic amines) is 1. The molecule has 0 saturated carbocycles. The van der Waals surface area contributed by atoms with Crippen LogP contribution < -0.4 is 4.74 Å². The summed E-state index contributed by atoms with van der Waals surface area (Å²) in [6, 6.07) is 4.88. The van der Waals surface area contributed by atoms with E-state index in [9.17, 15) is 9.18 Å². The highest BCUT2D eigenvalue weighted by molar-refractivity contribution is 5.71. The molecule has 0 radical (unpaired) electrons. The molecule has 1 N–H and O–H groups in total. The molecule has 0 aromatic heterocycles. The Morgan fingerprint density at radius 2 is 2.20 bits per heavy atom. The monoisotopic (exact) mass is 281 g/mol. The van der Waals surface area contributed by atoms with Crippen molar-refractivity contribution < 1.29 is 19.0 Å². The first kappa shape index (κ1) is 14.8. The summed E-state index contributed by atoms with van der Waals surface area (Å²) in [6.07, 6.45) is 0. The molecular formula is C15H20FNO3. The number of benzene rings is 1. The molecule has 0 amide bonds. The summed E-state index contributed by atoms with van der Waals surface area (Å²) in [5.41, 5.74) is 0.835. The number of ether oxygens (including phenoxy) is 1. The zero-order valence-electron chi connectivity index (χ0n) is 12.0. The van der Waals surface area contributed by atoms with Gasteiger partial charge in [-0.3, -0.25) is 9.69 Å². The van der Waals surface area contributed by atoms with Crippen LogP contribution in [-0.4, -0.2) is 36.2 Å². The molecular weight excluding hydrogens is 261 g/mol. The van der Waals surface area contributed by atoms with Crippen LogP contribution in [0.25, 0.3) is 0 Å². The predicted molar refractivity (Wildman–Crippen MR) is 73.2 cm³/mol. The standard InChI is InChI=1S/C15H20FNO3/c1-9-7-17(8-12(9)15(18)19)10(2)11-4-5-14(20-3)13(16)6-11/h4-6,9-10,12H,7-8H2,1-3H3,(H,18,19). The summed E-state index contributed by atoms with van der Waals surface area (Å²) >= 11 is 0. The van der Waals surface area contributed by atoms with Crippen molar-refractivity contribution in [1.82, 2.24) is 4.90 Å². The molecule has 1 saturated heterocycles. The van der Waals surface area contributed by atoms with Crippen molar-refractivity contribution in [3.05, 3.63) is 29.6 Å². The van der Waals surface area contributed by atoms with Crippen molar-refractivity contribution >= 4 is 5.97 Å². The van der Waals surface area contributed by atoms with E-state index in [2.05, 4.69) is 4.90 Å². The first-order valence-electron chi connectivity index (χ1n) is 6.74. The Hall–Kier alpha value is -1.62. The molecule has 3 atom stereocenters. The molecule has 110 valence electrons. The Morgan fingerprint density at radius 1 is 1.50 bits per heavy atom. The maximum Gasteiger partial charge on any atom is 0.308 e. The molecule has 4 nitrogen and oxygen atoms in total. The van der Waals surface area contributed by atoms with Crippen LogP contribution >= 0.6 is 0 Å². The molecule has 1 heterocycles. The molecule has 2 rings (SSSR count). The van der Waals surface area contributed by atoms with Gasteiger partial charge in [0.05, 0.1) is 13.0 Å². The number of rotatable bonds is 4. The number of hydrogen-bond acceptors (Lipinski definition) is 3. The zero-order chi connectivity index (χ0) is 14.9. The number of carbonyl (C=O) groups is 1. The Bertz CT molecular complexity index is 506. The molecule has 0 spiro atoms. The molecule has 0 aliphatic carbocycles. The van der Waals surface area contributed by atoms with E-state index in [-0.39, 0.29) is 29.4 Å². The highest BCUT2D eigenvalue weighted by Gasteiger charge is 2.36. The molecule has 1 aliphatic rings. The number of methoxy groups -OCH3 is 1. The van der Waals surface area contributed by atoms with Gasteiger partial charge in [-0.25, -0.2) is 4.39 Å². The maximum atomic E-state index is 13.7. The molecule has 1 fully saturated rings. The van der Waals surface area contributed by atoms with E-state index in [1.807, 2.05) is 19.9 Å². The smallest absolute Gasteiger partial charge is 0.308 e. The van der Waals surface area contributed by atoms with Gasteiger partial charge in [0.25, 0.3) is 0 Å². The molecule has 0 bridgehead atoms. The lowest BCUT2D eigenvalue weighted by molar-refractivity contribution is -0.142. The second-order valence-corrected chi connectivity index (χ2v) is 5.45. The second kappa shape index (κ2) is 5.79. The Labute approximate surface area is 118 Å². The van der Waals surface area contributed by atoms with Gasteiger partial charge in [-0.2, -0.15) is 0 Å². The van der Waals surface area contributed by atoms with E-state index in [1.165, 1.54) is 13.2 Å². The summed E-state index contributed by atoms with van der Waals surface area (Å²) in [4.78, 5) is 13.2. The van der Waals surface area contributed by atoms with Crippen LogP contribution in [0.2, 0.25) is 0 Å². The van der Waals surface area contributed by atoms with E-state index < -0.39 is 5.97 Å². The lowest BCUT2D eigenvalue weighted by Crippen LogP contribution is -2.26. The van der Waals surface area contributed by atoms with Crippen molar-refractivity contribution in [3.63, 3.8) is 0 Å². The SMILES string of the molecule is COc1ccc(C(C)N2CC(C)C(C(=O)O)C2)cc1F. The van der Waals surface area contributed by atoms with Crippen LogP contribution in [0.3, 0.4) is 0 Å². The number of hydrogen-bond donors (Lipinski definition) is 1. The van der Waals surface area contributed by atoms with Gasteiger partial charge in [0.1, 0.15) is 0 Å². The summed E-state index contributed by atoms with van der Waals surface area (Å²) < 4.78 is 18.6. The zero-order valence-corrected chi connectivity index (χ0v) is 12.0. The Morgan fingerprint density at radius 3 is 2.70 bits per heavy atom. The fourth-order valence-corrected chi connectivity index (χ4v) is 2.80. The van der Waals surface area contributed by atoms with Crippen molar-refractivity contribution in [1.29, 1.82) is 0 Å². The van der Waals surface area contributed by atoms with Gasteiger partial charge in [0.2, 0.25) is 0 Å². The summed E-state index contributed by atoms with van der Waals surface area (Å²) in [6.45, 7) is 5.13. The largest absolute Gasteiger partial charge is 0.494 e. The lowest BCUT2D eigenvalue weighted by atomic mass is 9.99. The van der Waals surface area contributed by atoms with E-state index in [1.54, 1.807) is 6.07 Å². The van der Waals surface area contributed by atoms with Crippen LogP contribution in [0.1, 0.15) is 25.5 Å². The Balaban J connectivity index is 2.14. The summed E-state index contributed by atoms with van der Waals surface area (Å²) in [5, 5.41) is 9.16. The topological polar surface area (TPSA) is 49.8 Å². The average Bonchev–Trinajstić information content (AvgIpc) is 2.80. The number of carboxylic acids is 1. The van der Waals surface area contributed by atoms with Gasteiger partial charge >= 0.3 is 5.97 Å². The normalized spacial score (nSPS) is 24.6. The van der Waals surface area contributed by atoms with Crippen LogP contribution in [0.15, 0.2) is 18.2 Å². The minimum Gasteiger partial charge on any atom is -0.494 e. The molecule has 5 heteroatoms. The second-order valence-electron chi connectivity index (χ2n) is 5.45. The minimum absolute atomic E-state index is 0.0118. The van der Waals surface area contributed by atoms with Gasteiger partial charge in [-0.1, -0.05) is 13.0 Å². The fourth-order valence-electron chi connectivity index (χ4n) is 2.80. The summed E-state index contributed by atoms with van der Waals surface area (Å²) in [5.74, 6) is -1.16. The van der Waals surface area contributed by atoms with Crippen molar-refractivity contribution in [3.8, 4) is 5.75 Å². The van der Waals surface area contributed by atoms with Crippen LogP contribution in [0, 0.1) is 17.7 Å². The third-order valence-corrected chi connectivity index (χ3v) is 4.16. The van der Waals surface area contributed by atoms with Gasteiger partial charge in [0.15, 0.2) is 11.6 Å². The molecule has 1 aromatic carbocycles. The maximum absolute atomic E-state index is 13.7. The molecule has 1 aliphatic heterocycles.